The van der Waals surface area contributed by atoms with Crippen LogP contribution in [0.5, 0.6) is 0 Å². The Morgan fingerprint density at radius 2 is 2.33 bits per heavy atom. The Kier molecular flexibility index (Phi) is 1.26. The molecule has 2 rings (SSSR count). The molecule has 1 N–H and O–H groups in total. The smallest absolute Gasteiger partial charge is 0.0286 e. The summed E-state index contributed by atoms with van der Waals surface area (Å²) >= 11 is 0. The molecule has 1 aliphatic heterocycles. The standard InChI is InChI=1S/C8H13N/c1-2-4-8(3-1)5-6-9-7-8/h3,7,9H,1-2,4-6H2. The summed E-state index contributed by atoms with van der Waals surface area (Å²) in [6, 6.07) is 0. The summed E-state index contributed by atoms with van der Waals surface area (Å²) in [7, 11) is 0. The number of rotatable bonds is 0. The molecule has 0 aromatic heterocycles. The Labute approximate surface area is 56.8 Å². The summed E-state index contributed by atoms with van der Waals surface area (Å²) in [5, 5.41) is 3.30. The van der Waals surface area contributed by atoms with Gasteiger partial charge in [0.15, 0.2) is 0 Å². The summed E-state index contributed by atoms with van der Waals surface area (Å²) in [4.78, 5) is 0. The largest absolute Gasteiger partial charge is 0.312 e. The van der Waals surface area contributed by atoms with Gasteiger partial charge in [0.1, 0.15) is 0 Å². The summed E-state index contributed by atoms with van der Waals surface area (Å²) in [6.07, 6.45) is 7.94. The van der Waals surface area contributed by atoms with Crippen molar-refractivity contribution < 1.29 is 0 Å². The van der Waals surface area contributed by atoms with Gasteiger partial charge in [-0.1, -0.05) is 6.42 Å². The SMILES string of the molecule is [CH]1CCCC12[CH]NCC2. The molecule has 2 fully saturated rings. The van der Waals surface area contributed by atoms with Crippen molar-refractivity contribution in [1.29, 1.82) is 0 Å². The minimum Gasteiger partial charge on any atom is -0.312 e. The first-order valence-electron chi connectivity index (χ1n) is 3.83. The van der Waals surface area contributed by atoms with Crippen LogP contribution >= 0.6 is 0 Å². The third kappa shape index (κ3) is 0.877. The van der Waals surface area contributed by atoms with Gasteiger partial charge in [-0.15, -0.1) is 0 Å². The Balaban J connectivity index is 2.04. The fraction of sp³-hybridized carbons (Fsp3) is 0.750. The summed E-state index contributed by atoms with van der Waals surface area (Å²) in [5.41, 5.74) is 0.528. The third-order valence-electron chi connectivity index (χ3n) is 2.52. The lowest BCUT2D eigenvalue weighted by Gasteiger charge is -2.18. The monoisotopic (exact) mass is 123 g/mol. The molecule has 1 nitrogen and oxygen atoms in total. The van der Waals surface area contributed by atoms with Crippen LogP contribution in [0.25, 0.3) is 0 Å². The molecule has 2 aliphatic rings. The Bertz CT molecular complexity index is 79.6. The molecule has 0 aromatic carbocycles. The van der Waals surface area contributed by atoms with E-state index in [1.807, 2.05) is 0 Å². The van der Waals surface area contributed by atoms with E-state index in [2.05, 4.69) is 18.3 Å². The molecule has 0 aromatic rings. The molecular formula is C8H13N. The van der Waals surface area contributed by atoms with E-state index < -0.39 is 0 Å². The second kappa shape index (κ2) is 1.98. The zero-order valence-corrected chi connectivity index (χ0v) is 5.69. The van der Waals surface area contributed by atoms with Crippen LogP contribution < -0.4 is 5.32 Å². The van der Waals surface area contributed by atoms with Crippen LogP contribution in [0.3, 0.4) is 0 Å². The number of hydrogen-bond donors (Lipinski definition) is 1. The fourth-order valence-electron chi connectivity index (χ4n) is 1.93. The minimum absolute atomic E-state index is 0.528. The molecule has 2 radical (unpaired) electrons. The summed E-state index contributed by atoms with van der Waals surface area (Å²) in [6.45, 7) is 3.48. The van der Waals surface area contributed by atoms with Gasteiger partial charge in [-0.05, 0) is 37.6 Å². The van der Waals surface area contributed by atoms with E-state index in [0.29, 0.717) is 5.41 Å². The van der Waals surface area contributed by atoms with E-state index in [9.17, 15) is 0 Å². The van der Waals surface area contributed by atoms with Crippen LogP contribution in [0.1, 0.15) is 25.7 Å². The molecular weight excluding hydrogens is 110 g/mol. The summed E-state index contributed by atoms with van der Waals surface area (Å²) < 4.78 is 0. The molecule has 1 heterocycles. The lowest BCUT2D eigenvalue weighted by Crippen LogP contribution is -2.13. The minimum atomic E-state index is 0.528. The molecule has 1 spiro atoms. The average Bonchev–Trinajstić information content (AvgIpc) is 2.45. The lowest BCUT2D eigenvalue weighted by atomic mass is 9.86. The zero-order chi connectivity index (χ0) is 6.16. The van der Waals surface area contributed by atoms with Gasteiger partial charge >= 0.3 is 0 Å². The van der Waals surface area contributed by atoms with Gasteiger partial charge < -0.3 is 5.32 Å². The quantitative estimate of drug-likeness (QED) is 0.515. The van der Waals surface area contributed by atoms with Crippen LogP contribution in [-0.2, 0) is 0 Å². The van der Waals surface area contributed by atoms with Crippen LogP contribution in [-0.4, -0.2) is 6.54 Å². The van der Waals surface area contributed by atoms with Crippen molar-refractivity contribution in [1.82, 2.24) is 5.32 Å². The van der Waals surface area contributed by atoms with E-state index >= 15 is 0 Å². The maximum Gasteiger partial charge on any atom is 0.0286 e. The Hall–Kier alpha value is -0.0400. The first-order valence-corrected chi connectivity index (χ1v) is 3.83. The van der Waals surface area contributed by atoms with E-state index in [1.54, 1.807) is 0 Å². The second-order valence-electron chi connectivity index (χ2n) is 3.18. The Morgan fingerprint density at radius 1 is 1.33 bits per heavy atom. The molecule has 1 atom stereocenters. The van der Waals surface area contributed by atoms with E-state index in [4.69, 9.17) is 0 Å². The van der Waals surface area contributed by atoms with Gasteiger partial charge in [0.05, 0.1) is 0 Å². The zero-order valence-electron chi connectivity index (χ0n) is 5.69. The maximum absolute atomic E-state index is 3.30. The first-order chi connectivity index (χ1) is 4.41. The van der Waals surface area contributed by atoms with Crippen LogP contribution in [0.2, 0.25) is 0 Å². The fourth-order valence-corrected chi connectivity index (χ4v) is 1.93. The molecule has 1 unspecified atom stereocenters. The van der Waals surface area contributed by atoms with Crippen LogP contribution in [0.4, 0.5) is 0 Å². The highest BCUT2D eigenvalue weighted by Gasteiger charge is 2.36. The van der Waals surface area contributed by atoms with Gasteiger partial charge in [-0.3, -0.25) is 0 Å². The molecule has 9 heavy (non-hydrogen) atoms. The molecule has 50 valence electrons. The van der Waals surface area contributed by atoms with Crippen molar-refractivity contribution in [3.8, 4) is 0 Å². The highest BCUT2D eigenvalue weighted by Crippen LogP contribution is 2.43. The third-order valence-corrected chi connectivity index (χ3v) is 2.52. The van der Waals surface area contributed by atoms with Crippen molar-refractivity contribution in [3.63, 3.8) is 0 Å². The molecule has 0 amide bonds. The molecule has 1 heteroatoms. The number of nitrogens with one attached hydrogen (secondary N) is 1. The first kappa shape index (κ1) is 5.72. The highest BCUT2D eigenvalue weighted by molar-refractivity contribution is 5.08. The van der Waals surface area contributed by atoms with Crippen molar-refractivity contribution in [3.05, 3.63) is 13.0 Å². The van der Waals surface area contributed by atoms with Crippen LogP contribution in [0.15, 0.2) is 0 Å². The van der Waals surface area contributed by atoms with Crippen molar-refractivity contribution in [2.45, 2.75) is 25.7 Å². The van der Waals surface area contributed by atoms with Gasteiger partial charge in [0.25, 0.3) is 0 Å². The van der Waals surface area contributed by atoms with Gasteiger partial charge in [0.2, 0.25) is 0 Å². The van der Waals surface area contributed by atoms with E-state index in [-0.39, 0.29) is 0 Å². The molecule has 0 bridgehead atoms. The Morgan fingerprint density at radius 3 is 2.89 bits per heavy atom. The average molecular weight is 123 g/mol. The van der Waals surface area contributed by atoms with Crippen LogP contribution in [0, 0.1) is 18.4 Å². The second-order valence-corrected chi connectivity index (χ2v) is 3.18. The predicted molar refractivity (Wildman–Crippen MR) is 37.5 cm³/mol. The van der Waals surface area contributed by atoms with E-state index in [1.165, 1.54) is 32.2 Å². The summed E-state index contributed by atoms with van der Waals surface area (Å²) in [5.74, 6) is 0. The van der Waals surface area contributed by atoms with Gasteiger partial charge in [-0.25, -0.2) is 0 Å². The maximum atomic E-state index is 3.30. The van der Waals surface area contributed by atoms with Gasteiger partial charge in [-0.2, -0.15) is 0 Å². The topological polar surface area (TPSA) is 12.0 Å². The molecule has 1 saturated carbocycles. The molecule has 1 aliphatic carbocycles. The van der Waals surface area contributed by atoms with Crippen molar-refractivity contribution in [2.24, 2.45) is 5.41 Å². The molecule has 1 saturated heterocycles. The number of hydrogen-bond acceptors (Lipinski definition) is 1. The highest BCUT2D eigenvalue weighted by atomic mass is 14.9. The predicted octanol–water partition coefficient (Wildman–Crippen LogP) is 1.52. The normalized spacial score (nSPS) is 32.0. The van der Waals surface area contributed by atoms with Crippen molar-refractivity contribution >= 4 is 0 Å². The van der Waals surface area contributed by atoms with E-state index in [0.717, 1.165) is 0 Å². The van der Waals surface area contributed by atoms with Gasteiger partial charge in [0, 0.05) is 6.54 Å². The van der Waals surface area contributed by atoms with Crippen molar-refractivity contribution in [2.75, 3.05) is 6.54 Å². The lowest BCUT2D eigenvalue weighted by molar-refractivity contribution is 0.451.